The van der Waals surface area contributed by atoms with E-state index in [0.717, 1.165) is 33.3 Å². The molecule has 9 nitrogen and oxygen atoms in total. The average molecular weight is 589 g/mol. The molecule has 3 heterocycles. The predicted molar refractivity (Wildman–Crippen MR) is 168 cm³/mol. The topological polar surface area (TPSA) is 86.1 Å². The fraction of sp³-hybridized carbons (Fsp3) is 0.229. The van der Waals surface area contributed by atoms with Crippen LogP contribution in [-0.4, -0.2) is 72.8 Å². The molecule has 0 atom stereocenters. The van der Waals surface area contributed by atoms with Crippen molar-refractivity contribution < 1.29 is 23.8 Å². The lowest BCUT2D eigenvalue weighted by atomic mass is 10.0. The summed E-state index contributed by atoms with van der Waals surface area (Å²) >= 11 is 0. The van der Waals surface area contributed by atoms with E-state index in [1.54, 1.807) is 6.20 Å². The van der Waals surface area contributed by atoms with E-state index in [-0.39, 0.29) is 11.9 Å². The number of fused-ring (bicyclic) bond motifs is 2. The number of nitrogens with zero attached hydrogens (tertiary/aromatic N) is 4. The van der Waals surface area contributed by atoms with Crippen LogP contribution in [0.15, 0.2) is 85.1 Å². The van der Waals surface area contributed by atoms with Gasteiger partial charge in [0.2, 0.25) is 0 Å². The minimum atomic E-state index is -0.377. The number of imidazole rings is 1. The highest BCUT2D eigenvalue weighted by molar-refractivity contribution is 6.02. The molecule has 0 aliphatic carbocycles. The third-order valence-corrected chi connectivity index (χ3v) is 8.22. The molecule has 44 heavy (non-hydrogen) atoms. The molecule has 0 radical (unpaired) electrons. The maximum Gasteiger partial charge on any atom is 0.339 e. The van der Waals surface area contributed by atoms with Crippen LogP contribution in [0.1, 0.15) is 26.4 Å². The normalized spacial score (nSPS) is 14.5. The third kappa shape index (κ3) is 5.10. The third-order valence-electron chi connectivity index (χ3n) is 8.22. The molecule has 2 aliphatic rings. The second-order valence-corrected chi connectivity index (χ2v) is 11.0. The molecule has 0 unspecified atom stereocenters. The molecule has 7 rings (SSSR count). The Bertz CT molecular complexity index is 1870. The van der Waals surface area contributed by atoms with Gasteiger partial charge in [-0.15, -0.1) is 0 Å². The number of esters is 1. The zero-order valence-electron chi connectivity index (χ0n) is 24.7. The van der Waals surface area contributed by atoms with Crippen LogP contribution < -0.4 is 14.4 Å². The van der Waals surface area contributed by atoms with Crippen molar-refractivity contribution in [3.63, 3.8) is 0 Å². The van der Waals surface area contributed by atoms with Gasteiger partial charge in [0, 0.05) is 44.0 Å². The largest absolute Gasteiger partial charge is 0.486 e. The number of aryl methyl sites for hydroxylation is 1. The van der Waals surface area contributed by atoms with Crippen molar-refractivity contribution in [1.29, 1.82) is 0 Å². The van der Waals surface area contributed by atoms with E-state index in [4.69, 9.17) is 19.2 Å². The highest BCUT2D eigenvalue weighted by Gasteiger charge is 2.28. The van der Waals surface area contributed by atoms with Crippen molar-refractivity contribution in [1.82, 2.24) is 14.5 Å². The Kier molecular flexibility index (Phi) is 7.13. The van der Waals surface area contributed by atoms with E-state index >= 15 is 0 Å². The number of benzene rings is 4. The number of carbonyl (C=O) groups is 2. The molecule has 9 heteroatoms. The Morgan fingerprint density at radius 1 is 0.818 bits per heavy atom. The number of piperazine rings is 1. The molecule has 2 aliphatic heterocycles. The number of hydrogen-bond acceptors (Lipinski definition) is 7. The van der Waals surface area contributed by atoms with Crippen LogP contribution in [0.3, 0.4) is 0 Å². The molecule has 5 aromatic rings. The fourth-order valence-electron chi connectivity index (χ4n) is 5.84. The molecule has 0 bridgehead atoms. The van der Waals surface area contributed by atoms with Crippen LogP contribution in [0.5, 0.6) is 11.5 Å². The van der Waals surface area contributed by atoms with Gasteiger partial charge in [-0.3, -0.25) is 9.36 Å². The fourth-order valence-corrected chi connectivity index (χ4v) is 5.84. The van der Waals surface area contributed by atoms with Crippen molar-refractivity contribution in [2.45, 2.75) is 6.92 Å². The maximum atomic E-state index is 13.9. The first-order valence-corrected chi connectivity index (χ1v) is 14.7. The zero-order chi connectivity index (χ0) is 30.2. The number of carbonyl (C=O) groups excluding carboxylic acids is 2. The first kappa shape index (κ1) is 27.5. The Morgan fingerprint density at radius 2 is 1.52 bits per heavy atom. The molecule has 1 saturated heterocycles. The molecule has 1 amide bonds. The highest BCUT2D eigenvalue weighted by atomic mass is 16.6. The molecule has 1 aromatic heterocycles. The molecule has 0 N–H and O–H groups in total. The summed E-state index contributed by atoms with van der Waals surface area (Å²) in [6.07, 6.45) is 1.80. The predicted octanol–water partition coefficient (Wildman–Crippen LogP) is 5.52. The first-order valence-electron chi connectivity index (χ1n) is 14.7. The molecule has 1 fully saturated rings. The summed E-state index contributed by atoms with van der Waals surface area (Å²) in [5, 5.41) is 2.02. The summed E-state index contributed by atoms with van der Waals surface area (Å²) in [6, 6.07) is 25.7. The molecular weight excluding hydrogens is 556 g/mol. The zero-order valence-corrected chi connectivity index (χ0v) is 24.7. The van der Waals surface area contributed by atoms with Gasteiger partial charge in [0.05, 0.1) is 24.0 Å². The number of hydrogen-bond donors (Lipinski definition) is 0. The van der Waals surface area contributed by atoms with Gasteiger partial charge >= 0.3 is 5.97 Å². The van der Waals surface area contributed by atoms with Crippen LogP contribution in [-0.2, 0) is 4.74 Å². The molecular formula is C35H32N4O5. The smallest absolute Gasteiger partial charge is 0.339 e. The molecule has 222 valence electrons. The highest BCUT2D eigenvalue weighted by Crippen LogP contribution is 2.34. The quantitative estimate of drug-likeness (QED) is 0.250. The summed E-state index contributed by atoms with van der Waals surface area (Å²) in [6.45, 7) is 5.16. The van der Waals surface area contributed by atoms with Gasteiger partial charge in [-0.2, -0.15) is 0 Å². The Hall–Kier alpha value is -5.31. The van der Waals surface area contributed by atoms with Crippen molar-refractivity contribution in [3.05, 3.63) is 102 Å². The van der Waals surface area contributed by atoms with Crippen molar-refractivity contribution in [2.75, 3.05) is 51.4 Å². The number of ether oxygens (including phenoxy) is 3. The number of methoxy groups -OCH3 is 1. The van der Waals surface area contributed by atoms with Gasteiger partial charge in [0.15, 0.2) is 11.5 Å². The van der Waals surface area contributed by atoms with E-state index in [2.05, 4.69) is 4.90 Å². The van der Waals surface area contributed by atoms with Crippen LogP contribution >= 0.6 is 0 Å². The molecule has 4 aromatic carbocycles. The summed E-state index contributed by atoms with van der Waals surface area (Å²) in [5.41, 5.74) is 4.57. The Balaban J connectivity index is 1.17. The summed E-state index contributed by atoms with van der Waals surface area (Å²) in [5.74, 6) is 1.52. The van der Waals surface area contributed by atoms with E-state index in [9.17, 15) is 9.59 Å². The van der Waals surface area contributed by atoms with Crippen LogP contribution in [0.4, 0.5) is 5.69 Å². The van der Waals surface area contributed by atoms with Crippen molar-refractivity contribution >= 4 is 28.3 Å². The van der Waals surface area contributed by atoms with Gasteiger partial charge in [-0.25, -0.2) is 9.78 Å². The van der Waals surface area contributed by atoms with Crippen molar-refractivity contribution in [2.24, 2.45) is 0 Å². The maximum absolute atomic E-state index is 13.9. The molecule has 0 saturated carbocycles. The SMILES string of the molecule is COC(=O)c1cc2ccccc2cc1N1CCN(C(=O)c2cn(-c3ccc4c(c3)OCCO4)c(-c3ccc(C)cc3)n2)CC1. The van der Waals surface area contributed by atoms with Gasteiger partial charge < -0.3 is 24.0 Å². The average Bonchev–Trinajstić information content (AvgIpc) is 3.53. The number of anilines is 1. The summed E-state index contributed by atoms with van der Waals surface area (Å²) < 4.78 is 18.6. The summed E-state index contributed by atoms with van der Waals surface area (Å²) in [4.78, 5) is 35.4. The Morgan fingerprint density at radius 3 is 2.25 bits per heavy atom. The van der Waals surface area contributed by atoms with Crippen LogP contribution in [0.25, 0.3) is 27.8 Å². The number of amides is 1. The van der Waals surface area contributed by atoms with E-state index < -0.39 is 0 Å². The van der Waals surface area contributed by atoms with Gasteiger partial charge in [-0.05, 0) is 42.0 Å². The second-order valence-electron chi connectivity index (χ2n) is 11.0. The monoisotopic (exact) mass is 588 g/mol. The Labute approximate surface area is 255 Å². The van der Waals surface area contributed by atoms with E-state index in [1.165, 1.54) is 7.11 Å². The lowest BCUT2D eigenvalue weighted by molar-refractivity contribution is 0.0600. The number of aromatic nitrogens is 2. The van der Waals surface area contributed by atoms with Gasteiger partial charge in [0.25, 0.3) is 5.91 Å². The first-order chi connectivity index (χ1) is 21.5. The minimum absolute atomic E-state index is 0.138. The lowest BCUT2D eigenvalue weighted by Crippen LogP contribution is -2.49. The van der Waals surface area contributed by atoms with Crippen LogP contribution in [0, 0.1) is 6.92 Å². The minimum Gasteiger partial charge on any atom is -0.486 e. The molecule has 0 spiro atoms. The summed E-state index contributed by atoms with van der Waals surface area (Å²) in [7, 11) is 1.40. The standard InChI is InChI=1S/C35H32N4O5/c1-23-7-9-24(10-8-23)33-36-29(22-39(33)27-11-12-31-32(21-27)44-18-17-43-31)34(40)38-15-13-37(14-16-38)30-20-26-6-4-3-5-25(26)19-28(30)35(41)42-2/h3-12,19-22H,13-18H2,1-2H3. The van der Waals surface area contributed by atoms with E-state index in [1.807, 2.05) is 95.3 Å². The van der Waals surface area contributed by atoms with E-state index in [0.29, 0.717) is 68.0 Å². The lowest BCUT2D eigenvalue weighted by Gasteiger charge is -2.36. The number of rotatable bonds is 5. The van der Waals surface area contributed by atoms with Gasteiger partial charge in [0.1, 0.15) is 24.7 Å². The van der Waals surface area contributed by atoms with Crippen molar-refractivity contribution in [3.8, 4) is 28.6 Å². The second kappa shape index (κ2) is 11.4. The van der Waals surface area contributed by atoms with Gasteiger partial charge in [-0.1, -0.05) is 54.1 Å². The van der Waals surface area contributed by atoms with Crippen LogP contribution in [0.2, 0.25) is 0 Å².